The molecule has 0 spiro atoms. The number of carbonyl (C=O) groups excluding carboxylic acids is 2. The topological polar surface area (TPSA) is 105 Å². The molecule has 174 valence electrons. The van der Waals surface area contributed by atoms with E-state index in [1.807, 2.05) is 18.2 Å². The lowest BCUT2D eigenvalue weighted by atomic mass is 10.1. The van der Waals surface area contributed by atoms with Gasteiger partial charge in [0.2, 0.25) is 17.6 Å². The lowest BCUT2D eigenvalue weighted by molar-refractivity contribution is -0.387. The smallest absolute Gasteiger partial charge is 0.306 e. The van der Waals surface area contributed by atoms with Gasteiger partial charge in [-0.25, -0.2) is 0 Å². The number of rotatable bonds is 7. The number of hydrogen-bond donors (Lipinski definition) is 1. The van der Waals surface area contributed by atoms with E-state index in [0.29, 0.717) is 19.7 Å². The predicted octanol–water partition coefficient (Wildman–Crippen LogP) is 2.10. The molecule has 9 nitrogen and oxygen atoms in total. The van der Waals surface area contributed by atoms with Gasteiger partial charge in [-0.15, -0.1) is 0 Å². The highest BCUT2D eigenvalue weighted by Crippen LogP contribution is 2.29. The maximum Gasteiger partial charge on any atom is 0.306 e. The second-order valence-electron chi connectivity index (χ2n) is 8.26. The molecule has 2 unspecified atom stereocenters. The molecule has 33 heavy (non-hydrogen) atoms. The van der Waals surface area contributed by atoms with Gasteiger partial charge in [0, 0.05) is 45.2 Å². The van der Waals surface area contributed by atoms with Crippen molar-refractivity contribution in [3.05, 3.63) is 70.0 Å². The van der Waals surface area contributed by atoms with E-state index < -0.39 is 22.3 Å². The van der Waals surface area contributed by atoms with Gasteiger partial charge < -0.3 is 15.0 Å². The number of nitro groups is 1. The Balaban J connectivity index is 1.30. The van der Waals surface area contributed by atoms with Crippen LogP contribution in [0.4, 0.5) is 15.8 Å². The lowest BCUT2D eigenvalue weighted by Gasteiger charge is -2.33. The van der Waals surface area contributed by atoms with Gasteiger partial charge in [0.1, 0.15) is 0 Å². The summed E-state index contributed by atoms with van der Waals surface area (Å²) in [7, 11) is 0. The normalized spacial score (nSPS) is 21.2. The van der Waals surface area contributed by atoms with E-state index >= 15 is 0 Å². The van der Waals surface area contributed by atoms with Crippen molar-refractivity contribution in [1.29, 1.82) is 0 Å². The number of nitrogens with zero attached hydrogens (tertiary/aromatic N) is 3. The fraction of sp³-hybridized carbons (Fsp3) is 0.391. The first-order chi connectivity index (χ1) is 15.9. The lowest BCUT2D eigenvalue weighted by Crippen LogP contribution is -2.48. The van der Waals surface area contributed by atoms with Gasteiger partial charge in [0.05, 0.1) is 29.2 Å². The molecule has 0 aliphatic carbocycles. The van der Waals surface area contributed by atoms with Gasteiger partial charge in [-0.2, -0.15) is 4.39 Å². The standard InChI is InChI=1S/C23H25FN4O5/c24-20-7-6-18(11-21(20)28(31)32)27-14-17(10-22(27)29)23(30)25-12-19-15-26(8-9-33-19)13-16-4-2-1-3-5-16/h1-7,11,17,19H,8-10,12-15H2,(H,25,30). The van der Waals surface area contributed by atoms with Crippen molar-refractivity contribution in [1.82, 2.24) is 10.2 Å². The number of ether oxygens (including phenoxy) is 1. The molecule has 2 saturated heterocycles. The summed E-state index contributed by atoms with van der Waals surface area (Å²) >= 11 is 0. The summed E-state index contributed by atoms with van der Waals surface area (Å²) < 4.78 is 19.4. The Morgan fingerprint density at radius 2 is 2.00 bits per heavy atom. The van der Waals surface area contributed by atoms with Crippen molar-refractivity contribution < 1.29 is 23.6 Å². The van der Waals surface area contributed by atoms with E-state index in [2.05, 4.69) is 22.3 Å². The molecule has 2 atom stereocenters. The molecule has 2 aliphatic rings. The van der Waals surface area contributed by atoms with Crippen LogP contribution in [0.2, 0.25) is 0 Å². The van der Waals surface area contributed by atoms with Crippen LogP contribution in [0.25, 0.3) is 0 Å². The molecule has 10 heteroatoms. The zero-order valence-electron chi connectivity index (χ0n) is 18.0. The summed E-state index contributed by atoms with van der Waals surface area (Å²) in [5.41, 5.74) is 0.714. The molecule has 0 saturated carbocycles. The molecule has 1 N–H and O–H groups in total. The fourth-order valence-electron chi connectivity index (χ4n) is 4.19. The van der Waals surface area contributed by atoms with Gasteiger partial charge in [0.15, 0.2) is 0 Å². The van der Waals surface area contributed by atoms with Gasteiger partial charge in [-0.05, 0) is 17.7 Å². The number of morpholine rings is 1. The molecule has 2 aromatic carbocycles. The highest BCUT2D eigenvalue weighted by molar-refractivity contribution is 6.00. The van der Waals surface area contributed by atoms with Crippen LogP contribution in [0.1, 0.15) is 12.0 Å². The summed E-state index contributed by atoms with van der Waals surface area (Å²) in [4.78, 5) is 38.8. The van der Waals surface area contributed by atoms with Crippen molar-refractivity contribution in [3.8, 4) is 0 Å². The summed E-state index contributed by atoms with van der Waals surface area (Å²) in [6.45, 7) is 3.30. The number of benzene rings is 2. The SMILES string of the molecule is O=C(NCC1CN(Cc2ccccc2)CCO1)C1CC(=O)N(c2ccc(F)c([N+](=O)[O-])c2)C1. The molecular formula is C23H25FN4O5. The van der Waals surface area contributed by atoms with E-state index in [1.54, 1.807) is 0 Å². The molecule has 2 heterocycles. The quantitative estimate of drug-likeness (QED) is 0.505. The Morgan fingerprint density at radius 3 is 2.76 bits per heavy atom. The van der Waals surface area contributed by atoms with Crippen LogP contribution in [-0.4, -0.2) is 60.5 Å². The third-order valence-electron chi connectivity index (χ3n) is 5.91. The van der Waals surface area contributed by atoms with E-state index in [4.69, 9.17) is 4.74 Å². The van der Waals surface area contributed by atoms with Gasteiger partial charge in [0.25, 0.3) is 0 Å². The van der Waals surface area contributed by atoms with Crippen LogP contribution in [0.15, 0.2) is 48.5 Å². The summed E-state index contributed by atoms with van der Waals surface area (Å²) in [5, 5.41) is 13.9. The Kier molecular flexibility index (Phi) is 6.95. The molecule has 0 aromatic heterocycles. The molecule has 2 aliphatic heterocycles. The first-order valence-electron chi connectivity index (χ1n) is 10.8. The molecule has 4 rings (SSSR count). The summed E-state index contributed by atoms with van der Waals surface area (Å²) in [5.74, 6) is -2.17. The number of anilines is 1. The Hall–Kier alpha value is -3.37. The molecule has 2 fully saturated rings. The Labute approximate surface area is 190 Å². The first kappa shape index (κ1) is 22.8. The number of nitro benzene ring substituents is 1. The number of hydrogen-bond acceptors (Lipinski definition) is 6. The maximum atomic E-state index is 13.6. The molecule has 0 radical (unpaired) electrons. The third kappa shape index (κ3) is 5.52. The van der Waals surface area contributed by atoms with Crippen LogP contribution in [0, 0.1) is 21.8 Å². The largest absolute Gasteiger partial charge is 0.374 e. The maximum absolute atomic E-state index is 13.6. The van der Waals surface area contributed by atoms with Crippen molar-refractivity contribution in [2.45, 2.75) is 19.1 Å². The molecule has 2 amide bonds. The predicted molar refractivity (Wildman–Crippen MR) is 118 cm³/mol. The highest BCUT2D eigenvalue weighted by atomic mass is 19.1. The fourth-order valence-corrected chi connectivity index (χ4v) is 4.19. The van der Waals surface area contributed by atoms with Gasteiger partial charge in [-0.3, -0.25) is 24.6 Å². The van der Waals surface area contributed by atoms with Gasteiger partial charge >= 0.3 is 5.69 Å². The van der Waals surface area contributed by atoms with Crippen molar-refractivity contribution >= 4 is 23.2 Å². The Morgan fingerprint density at radius 1 is 1.21 bits per heavy atom. The minimum Gasteiger partial charge on any atom is -0.374 e. The van der Waals surface area contributed by atoms with Crippen molar-refractivity contribution in [3.63, 3.8) is 0 Å². The second-order valence-corrected chi connectivity index (χ2v) is 8.26. The zero-order valence-corrected chi connectivity index (χ0v) is 18.0. The zero-order chi connectivity index (χ0) is 23.4. The van der Waals surface area contributed by atoms with Gasteiger partial charge in [-0.1, -0.05) is 30.3 Å². The van der Waals surface area contributed by atoms with Crippen LogP contribution in [-0.2, 0) is 20.9 Å². The highest BCUT2D eigenvalue weighted by Gasteiger charge is 2.36. The summed E-state index contributed by atoms with van der Waals surface area (Å²) in [6.07, 6.45) is -0.165. The average Bonchev–Trinajstić information content (AvgIpc) is 3.20. The van der Waals surface area contributed by atoms with Crippen molar-refractivity contribution in [2.75, 3.05) is 37.7 Å². The van der Waals surface area contributed by atoms with Crippen LogP contribution in [0.3, 0.4) is 0 Å². The monoisotopic (exact) mass is 456 g/mol. The van der Waals surface area contributed by atoms with Crippen molar-refractivity contribution in [2.24, 2.45) is 5.92 Å². The van der Waals surface area contributed by atoms with E-state index in [-0.39, 0.29) is 36.6 Å². The first-order valence-corrected chi connectivity index (χ1v) is 10.8. The average molecular weight is 456 g/mol. The molecular weight excluding hydrogens is 431 g/mol. The Bertz CT molecular complexity index is 1030. The second kappa shape index (κ2) is 10.1. The van der Waals surface area contributed by atoms with E-state index in [0.717, 1.165) is 25.2 Å². The molecule has 2 aromatic rings. The van der Waals surface area contributed by atoms with Crippen LogP contribution < -0.4 is 10.2 Å². The third-order valence-corrected chi connectivity index (χ3v) is 5.91. The van der Waals surface area contributed by atoms with Crippen LogP contribution >= 0.6 is 0 Å². The van der Waals surface area contributed by atoms with E-state index in [1.165, 1.54) is 16.5 Å². The minimum absolute atomic E-state index is 0.0112. The number of amides is 2. The number of nitrogens with one attached hydrogen (secondary N) is 1. The van der Waals surface area contributed by atoms with Crippen LogP contribution in [0.5, 0.6) is 0 Å². The molecule has 0 bridgehead atoms. The number of halogens is 1. The number of carbonyl (C=O) groups is 2. The minimum atomic E-state index is -0.974. The summed E-state index contributed by atoms with van der Waals surface area (Å²) in [6, 6.07) is 13.4. The van der Waals surface area contributed by atoms with E-state index in [9.17, 15) is 24.1 Å².